The zero-order chi connectivity index (χ0) is 16.4. The van der Waals surface area contributed by atoms with Gasteiger partial charge in [-0.15, -0.1) is 0 Å². The molecule has 24 heavy (non-hydrogen) atoms. The molecule has 2 fully saturated rings. The third-order valence-electron chi connectivity index (χ3n) is 5.95. The van der Waals surface area contributed by atoms with Crippen LogP contribution < -0.4 is 0 Å². The molecule has 3 heterocycles. The zero-order valence-electron chi connectivity index (χ0n) is 14.5. The fraction of sp³-hybridized carbons (Fsp3) is 0.650. The number of hydrogen-bond acceptors (Lipinski definition) is 2. The normalized spacial score (nSPS) is 22.9. The van der Waals surface area contributed by atoms with Crippen LogP contribution in [-0.4, -0.2) is 39.8 Å². The Balaban J connectivity index is 1.29. The van der Waals surface area contributed by atoms with Crippen molar-refractivity contribution in [2.75, 3.05) is 19.6 Å². The lowest BCUT2D eigenvalue weighted by molar-refractivity contribution is 0.0407. The Morgan fingerprint density at radius 1 is 1.12 bits per heavy atom. The number of nitrogens with zero attached hydrogens (tertiary/aromatic N) is 3. The van der Waals surface area contributed by atoms with Gasteiger partial charge in [-0.2, -0.15) is 5.10 Å². The van der Waals surface area contributed by atoms with Crippen molar-refractivity contribution in [1.29, 1.82) is 0 Å². The van der Waals surface area contributed by atoms with Crippen LogP contribution in [0.5, 0.6) is 0 Å². The molecule has 0 spiro atoms. The maximum Gasteiger partial charge on any atom is 0.123 e. The summed E-state index contributed by atoms with van der Waals surface area (Å²) in [6.45, 7) is 2.79. The summed E-state index contributed by atoms with van der Waals surface area (Å²) >= 11 is 0. The predicted molar refractivity (Wildman–Crippen MR) is 95.0 cm³/mol. The second-order valence-corrected chi connectivity index (χ2v) is 7.87. The van der Waals surface area contributed by atoms with E-state index >= 15 is 0 Å². The first-order chi connectivity index (χ1) is 11.7. The maximum absolute atomic E-state index is 14.9. The van der Waals surface area contributed by atoms with E-state index in [1.54, 1.807) is 0 Å². The molecule has 4 rings (SSSR count). The van der Waals surface area contributed by atoms with Crippen molar-refractivity contribution in [2.45, 2.75) is 57.0 Å². The van der Waals surface area contributed by atoms with Gasteiger partial charge < -0.3 is 4.90 Å². The highest BCUT2D eigenvalue weighted by Gasteiger charge is 2.34. The number of fused-ring (bicyclic) bond motifs is 1. The van der Waals surface area contributed by atoms with E-state index in [4.69, 9.17) is 0 Å². The standard InChI is InChI=1S/C20H28FN3/c21-20(8-2-1-3-9-20)16-23-11-5-17(6-12-23)14-18-7-13-24-19(15-18)4-10-22-24/h4,7,10,13,15,17H,1-3,5-6,8-9,11-12,14,16H2. The van der Waals surface area contributed by atoms with Gasteiger partial charge in [0.1, 0.15) is 5.67 Å². The molecule has 0 radical (unpaired) electrons. The minimum absolute atomic E-state index is 0.668. The Morgan fingerprint density at radius 3 is 2.71 bits per heavy atom. The second kappa shape index (κ2) is 6.83. The van der Waals surface area contributed by atoms with Crippen molar-refractivity contribution in [3.05, 3.63) is 36.2 Å². The van der Waals surface area contributed by atoms with Crippen molar-refractivity contribution in [3.63, 3.8) is 0 Å². The van der Waals surface area contributed by atoms with E-state index in [-0.39, 0.29) is 0 Å². The molecule has 130 valence electrons. The zero-order valence-corrected chi connectivity index (χ0v) is 14.5. The van der Waals surface area contributed by atoms with Gasteiger partial charge in [-0.1, -0.05) is 19.3 Å². The van der Waals surface area contributed by atoms with Crippen LogP contribution in [0.1, 0.15) is 50.5 Å². The molecule has 2 aromatic rings. The largest absolute Gasteiger partial charge is 0.300 e. The van der Waals surface area contributed by atoms with E-state index in [0.29, 0.717) is 6.54 Å². The predicted octanol–water partition coefficient (Wildman–Crippen LogP) is 4.26. The van der Waals surface area contributed by atoms with Crippen LogP contribution in [0.15, 0.2) is 30.6 Å². The van der Waals surface area contributed by atoms with Crippen molar-refractivity contribution >= 4 is 5.52 Å². The van der Waals surface area contributed by atoms with Crippen molar-refractivity contribution in [1.82, 2.24) is 14.5 Å². The van der Waals surface area contributed by atoms with Gasteiger partial charge in [0.15, 0.2) is 0 Å². The first-order valence-electron chi connectivity index (χ1n) is 9.54. The molecule has 1 saturated heterocycles. The quantitative estimate of drug-likeness (QED) is 0.835. The Morgan fingerprint density at radius 2 is 1.92 bits per heavy atom. The van der Waals surface area contributed by atoms with Crippen LogP contribution in [-0.2, 0) is 6.42 Å². The molecule has 1 aliphatic heterocycles. The van der Waals surface area contributed by atoms with Crippen LogP contribution in [0.4, 0.5) is 4.39 Å². The fourth-order valence-electron chi connectivity index (χ4n) is 4.52. The summed E-state index contributed by atoms with van der Waals surface area (Å²) in [5, 5.41) is 4.25. The highest BCUT2D eigenvalue weighted by Crippen LogP contribution is 2.33. The molecule has 3 nitrogen and oxygen atoms in total. The summed E-state index contributed by atoms with van der Waals surface area (Å²) < 4.78 is 16.8. The monoisotopic (exact) mass is 329 g/mol. The SMILES string of the molecule is FC1(CN2CCC(Cc3ccn4nccc4c3)CC2)CCCCC1. The molecule has 0 unspecified atom stereocenters. The summed E-state index contributed by atoms with van der Waals surface area (Å²) in [6, 6.07) is 6.49. The molecule has 2 aromatic heterocycles. The molecular formula is C20H28FN3. The topological polar surface area (TPSA) is 20.5 Å². The van der Waals surface area contributed by atoms with Gasteiger partial charge in [0.05, 0.1) is 5.52 Å². The molecule has 0 atom stereocenters. The van der Waals surface area contributed by atoms with Gasteiger partial charge >= 0.3 is 0 Å². The van der Waals surface area contributed by atoms with E-state index in [1.165, 1.54) is 30.3 Å². The Kier molecular flexibility index (Phi) is 4.57. The molecule has 1 aliphatic carbocycles. The fourth-order valence-corrected chi connectivity index (χ4v) is 4.52. The average Bonchev–Trinajstić information content (AvgIpc) is 3.05. The van der Waals surface area contributed by atoms with E-state index in [9.17, 15) is 4.39 Å². The lowest BCUT2D eigenvalue weighted by Crippen LogP contribution is -2.44. The minimum Gasteiger partial charge on any atom is -0.300 e. The molecule has 0 bridgehead atoms. The number of aromatic nitrogens is 2. The Bertz CT molecular complexity index is 666. The number of halogens is 1. The Labute approximate surface area is 143 Å². The van der Waals surface area contributed by atoms with Crippen LogP contribution >= 0.6 is 0 Å². The van der Waals surface area contributed by atoms with E-state index < -0.39 is 5.67 Å². The maximum atomic E-state index is 14.9. The van der Waals surface area contributed by atoms with Gasteiger partial charge in [-0.25, -0.2) is 8.91 Å². The average molecular weight is 329 g/mol. The smallest absolute Gasteiger partial charge is 0.123 e. The highest BCUT2D eigenvalue weighted by molar-refractivity contribution is 5.47. The second-order valence-electron chi connectivity index (χ2n) is 7.87. The third-order valence-corrected chi connectivity index (χ3v) is 5.95. The molecule has 0 aromatic carbocycles. The number of pyridine rings is 1. The van der Waals surface area contributed by atoms with Gasteiger partial charge in [0.25, 0.3) is 0 Å². The Hall–Kier alpha value is -1.42. The van der Waals surface area contributed by atoms with Crippen molar-refractivity contribution in [3.8, 4) is 0 Å². The van der Waals surface area contributed by atoms with Crippen molar-refractivity contribution in [2.24, 2.45) is 5.92 Å². The van der Waals surface area contributed by atoms with Crippen molar-refractivity contribution < 1.29 is 4.39 Å². The summed E-state index contributed by atoms with van der Waals surface area (Å²) in [4.78, 5) is 2.38. The lowest BCUT2D eigenvalue weighted by atomic mass is 9.84. The van der Waals surface area contributed by atoms with E-state index in [1.807, 2.05) is 10.7 Å². The first-order valence-corrected chi connectivity index (χ1v) is 9.54. The summed E-state index contributed by atoms with van der Waals surface area (Å²) in [7, 11) is 0. The van der Waals surface area contributed by atoms with Crippen LogP contribution in [0, 0.1) is 5.92 Å². The van der Waals surface area contributed by atoms with Crippen LogP contribution in [0.25, 0.3) is 5.52 Å². The molecule has 2 aliphatic rings. The lowest BCUT2D eigenvalue weighted by Gasteiger charge is -2.38. The summed E-state index contributed by atoms with van der Waals surface area (Å²) in [6.07, 6.45) is 12.3. The molecule has 0 N–H and O–H groups in total. The summed E-state index contributed by atoms with van der Waals surface area (Å²) in [5.41, 5.74) is 1.66. The van der Waals surface area contributed by atoms with E-state index in [0.717, 1.165) is 51.1 Å². The molecule has 0 amide bonds. The third kappa shape index (κ3) is 3.64. The van der Waals surface area contributed by atoms with Crippen LogP contribution in [0.3, 0.4) is 0 Å². The molecule has 4 heteroatoms. The van der Waals surface area contributed by atoms with E-state index in [2.05, 4.69) is 34.4 Å². The van der Waals surface area contributed by atoms with Gasteiger partial charge in [0, 0.05) is 18.9 Å². The first kappa shape index (κ1) is 16.1. The van der Waals surface area contributed by atoms with Gasteiger partial charge in [-0.3, -0.25) is 0 Å². The van der Waals surface area contributed by atoms with Crippen LogP contribution in [0.2, 0.25) is 0 Å². The van der Waals surface area contributed by atoms with Gasteiger partial charge in [0.2, 0.25) is 0 Å². The molecule has 1 saturated carbocycles. The highest BCUT2D eigenvalue weighted by atomic mass is 19.1. The number of likely N-dealkylation sites (tertiary alicyclic amines) is 1. The summed E-state index contributed by atoms with van der Waals surface area (Å²) in [5.74, 6) is 0.730. The number of rotatable bonds is 4. The minimum atomic E-state index is -0.905. The number of hydrogen-bond donors (Lipinski definition) is 0. The molecular weight excluding hydrogens is 301 g/mol. The number of piperidine rings is 1. The van der Waals surface area contributed by atoms with Gasteiger partial charge in [-0.05, 0) is 74.9 Å². The number of alkyl halides is 1.